The molecule has 2 amide bonds. The maximum atomic E-state index is 12.9. The number of aromatic nitrogens is 1. The lowest BCUT2D eigenvalue weighted by Crippen LogP contribution is -2.30. The van der Waals surface area contributed by atoms with E-state index in [9.17, 15) is 9.59 Å². The predicted molar refractivity (Wildman–Crippen MR) is 125 cm³/mol. The van der Waals surface area contributed by atoms with E-state index in [0.29, 0.717) is 41.5 Å². The highest BCUT2D eigenvalue weighted by atomic mass is 32.1. The van der Waals surface area contributed by atoms with Crippen molar-refractivity contribution < 1.29 is 14.3 Å². The molecular formula is C24H27N3O3S. The van der Waals surface area contributed by atoms with Crippen LogP contribution < -0.4 is 10.1 Å². The summed E-state index contributed by atoms with van der Waals surface area (Å²) in [6.07, 6.45) is 0. The Balaban J connectivity index is 1.77. The van der Waals surface area contributed by atoms with Crippen LogP contribution in [0.15, 0.2) is 48.5 Å². The van der Waals surface area contributed by atoms with Crippen LogP contribution in [0.3, 0.4) is 0 Å². The Morgan fingerprint density at radius 3 is 2.42 bits per heavy atom. The SMILES string of the molecule is CCOc1ccc(-c2nc(C)c(C(=O)Nc3cccc(C(=O)N(CC)CC)c3)s2)cc1. The van der Waals surface area contributed by atoms with E-state index in [1.165, 1.54) is 11.3 Å². The van der Waals surface area contributed by atoms with Crippen molar-refractivity contribution >= 4 is 28.8 Å². The lowest BCUT2D eigenvalue weighted by Gasteiger charge is -2.19. The Bertz CT molecular complexity index is 1060. The van der Waals surface area contributed by atoms with Gasteiger partial charge in [-0.15, -0.1) is 11.3 Å². The Hall–Kier alpha value is -3.19. The third-order valence-electron chi connectivity index (χ3n) is 4.83. The molecule has 3 aromatic rings. The minimum atomic E-state index is -0.236. The van der Waals surface area contributed by atoms with Crippen molar-refractivity contribution in [1.29, 1.82) is 0 Å². The molecule has 2 aromatic carbocycles. The summed E-state index contributed by atoms with van der Waals surface area (Å²) in [5, 5.41) is 3.67. The Morgan fingerprint density at radius 2 is 1.77 bits per heavy atom. The number of hydrogen-bond donors (Lipinski definition) is 1. The van der Waals surface area contributed by atoms with Crippen molar-refractivity contribution in [2.45, 2.75) is 27.7 Å². The predicted octanol–water partition coefficient (Wildman–Crippen LogP) is 5.25. The molecule has 0 radical (unpaired) electrons. The van der Waals surface area contributed by atoms with E-state index in [-0.39, 0.29) is 11.8 Å². The van der Waals surface area contributed by atoms with Gasteiger partial charge >= 0.3 is 0 Å². The summed E-state index contributed by atoms with van der Waals surface area (Å²) in [6.45, 7) is 9.55. The van der Waals surface area contributed by atoms with Crippen molar-refractivity contribution in [3.8, 4) is 16.3 Å². The first-order valence-corrected chi connectivity index (χ1v) is 11.2. The molecule has 1 heterocycles. The van der Waals surface area contributed by atoms with Crippen LogP contribution in [-0.2, 0) is 0 Å². The van der Waals surface area contributed by atoms with Crippen LogP contribution >= 0.6 is 11.3 Å². The van der Waals surface area contributed by atoms with E-state index in [1.54, 1.807) is 29.2 Å². The number of benzene rings is 2. The third-order valence-corrected chi connectivity index (χ3v) is 6.04. The number of carbonyl (C=O) groups excluding carboxylic acids is 2. The van der Waals surface area contributed by atoms with Crippen molar-refractivity contribution in [3.05, 3.63) is 64.7 Å². The van der Waals surface area contributed by atoms with E-state index in [4.69, 9.17) is 4.74 Å². The average molecular weight is 438 g/mol. The molecule has 31 heavy (non-hydrogen) atoms. The molecule has 162 valence electrons. The van der Waals surface area contributed by atoms with Gasteiger partial charge in [0.15, 0.2) is 0 Å². The topological polar surface area (TPSA) is 71.5 Å². The minimum Gasteiger partial charge on any atom is -0.494 e. The van der Waals surface area contributed by atoms with Gasteiger partial charge in [-0.1, -0.05) is 6.07 Å². The molecule has 0 aliphatic heterocycles. The zero-order valence-electron chi connectivity index (χ0n) is 18.3. The first-order chi connectivity index (χ1) is 15.0. The summed E-state index contributed by atoms with van der Waals surface area (Å²) in [5.41, 5.74) is 2.74. The highest BCUT2D eigenvalue weighted by Crippen LogP contribution is 2.30. The smallest absolute Gasteiger partial charge is 0.267 e. The third kappa shape index (κ3) is 5.30. The number of nitrogens with one attached hydrogen (secondary N) is 1. The number of ether oxygens (including phenoxy) is 1. The highest BCUT2D eigenvalue weighted by molar-refractivity contribution is 7.17. The highest BCUT2D eigenvalue weighted by Gasteiger charge is 2.18. The van der Waals surface area contributed by atoms with Crippen LogP contribution in [0.4, 0.5) is 5.69 Å². The summed E-state index contributed by atoms with van der Waals surface area (Å²) in [4.78, 5) is 32.3. The molecule has 0 aliphatic rings. The van der Waals surface area contributed by atoms with Crippen molar-refractivity contribution in [1.82, 2.24) is 9.88 Å². The standard InChI is InChI=1S/C24H27N3O3S/c1-5-27(6-2)24(29)18-9-8-10-19(15-18)26-22(28)21-16(4)25-23(31-21)17-11-13-20(14-12-17)30-7-3/h8-15H,5-7H2,1-4H3,(H,26,28). The maximum absolute atomic E-state index is 12.9. The second-order valence-electron chi connectivity index (χ2n) is 6.90. The summed E-state index contributed by atoms with van der Waals surface area (Å²) >= 11 is 1.34. The van der Waals surface area contributed by atoms with Crippen molar-refractivity contribution in [2.24, 2.45) is 0 Å². The van der Waals surface area contributed by atoms with Gasteiger partial charge in [0.2, 0.25) is 0 Å². The van der Waals surface area contributed by atoms with Crippen LogP contribution in [0.5, 0.6) is 5.75 Å². The number of thiazole rings is 1. The molecule has 6 nitrogen and oxygen atoms in total. The summed E-state index contributed by atoms with van der Waals surface area (Å²) in [5.74, 6) is 0.518. The van der Waals surface area contributed by atoms with Crippen LogP contribution in [0.25, 0.3) is 10.6 Å². The van der Waals surface area contributed by atoms with E-state index in [2.05, 4.69) is 10.3 Å². The van der Waals surface area contributed by atoms with Crippen LogP contribution in [-0.4, -0.2) is 41.4 Å². The normalized spacial score (nSPS) is 10.6. The van der Waals surface area contributed by atoms with Crippen molar-refractivity contribution in [2.75, 3.05) is 25.0 Å². The first-order valence-electron chi connectivity index (χ1n) is 10.4. The molecule has 0 saturated carbocycles. The van der Waals surface area contributed by atoms with Gasteiger partial charge in [0.1, 0.15) is 15.6 Å². The number of nitrogens with zero attached hydrogens (tertiary/aromatic N) is 2. The lowest BCUT2D eigenvalue weighted by atomic mass is 10.1. The lowest BCUT2D eigenvalue weighted by molar-refractivity contribution is 0.0772. The summed E-state index contributed by atoms with van der Waals surface area (Å²) in [6, 6.07) is 14.7. The summed E-state index contributed by atoms with van der Waals surface area (Å²) < 4.78 is 5.48. The van der Waals surface area contributed by atoms with E-state index >= 15 is 0 Å². The van der Waals surface area contributed by atoms with Crippen LogP contribution in [0, 0.1) is 6.92 Å². The first kappa shape index (κ1) is 22.5. The van der Waals surface area contributed by atoms with Gasteiger partial charge in [0.05, 0.1) is 12.3 Å². The number of hydrogen-bond acceptors (Lipinski definition) is 5. The molecule has 3 rings (SSSR count). The summed E-state index contributed by atoms with van der Waals surface area (Å²) in [7, 11) is 0. The van der Waals surface area contributed by atoms with Gasteiger partial charge in [0, 0.05) is 29.9 Å². The minimum absolute atomic E-state index is 0.0483. The molecular weight excluding hydrogens is 410 g/mol. The number of amides is 2. The van der Waals surface area contributed by atoms with E-state index in [0.717, 1.165) is 16.3 Å². The molecule has 0 aliphatic carbocycles. The average Bonchev–Trinajstić information content (AvgIpc) is 3.17. The van der Waals surface area contributed by atoms with Gasteiger partial charge in [-0.25, -0.2) is 4.98 Å². The molecule has 1 N–H and O–H groups in total. The Kier molecular flexibility index (Phi) is 7.41. The monoisotopic (exact) mass is 437 g/mol. The molecule has 0 saturated heterocycles. The van der Waals surface area contributed by atoms with Gasteiger partial charge in [-0.3, -0.25) is 9.59 Å². The van der Waals surface area contributed by atoms with Gasteiger partial charge in [-0.2, -0.15) is 0 Å². The molecule has 0 fully saturated rings. The van der Waals surface area contributed by atoms with E-state index in [1.807, 2.05) is 52.0 Å². The fraction of sp³-hybridized carbons (Fsp3) is 0.292. The van der Waals surface area contributed by atoms with Gasteiger partial charge in [0.25, 0.3) is 11.8 Å². The molecule has 0 spiro atoms. The molecule has 0 bridgehead atoms. The zero-order chi connectivity index (χ0) is 22.4. The Labute approximate surface area is 186 Å². The number of anilines is 1. The zero-order valence-corrected chi connectivity index (χ0v) is 19.1. The molecule has 0 unspecified atom stereocenters. The van der Waals surface area contributed by atoms with Crippen LogP contribution in [0.1, 0.15) is 46.5 Å². The number of aryl methyl sites for hydroxylation is 1. The largest absolute Gasteiger partial charge is 0.494 e. The quantitative estimate of drug-likeness (QED) is 0.522. The molecule has 0 atom stereocenters. The van der Waals surface area contributed by atoms with Crippen molar-refractivity contribution in [3.63, 3.8) is 0 Å². The number of rotatable bonds is 8. The second kappa shape index (κ2) is 10.2. The molecule has 1 aromatic heterocycles. The van der Waals surface area contributed by atoms with Gasteiger partial charge in [-0.05, 0) is 70.2 Å². The van der Waals surface area contributed by atoms with Crippen LogP contribution in [0.2, 0.25) is 0 Å². The fourth-order valence-electron chi connectivity index (χ4n) is 3.20. The second-order valence-corrected chi connectivity index (χ2v) is 7.90. The fourth-order valence-corrected chi connectivity index (χ4v) is 4.17. The molecule has 7 heteroatoms. The Morgan fingerprint density at radius 1 is 1.06 bits per heavy atom. The van der Waals surface area contributed by atoms with Gasteiger partial charge < -0.3 is 15.0 Å². The maximum Gasteiger partial charge on any atom is 0.267 e. The van der Waals surface area contributed by atoms with E-state index < -0.39 is 0 Å². The number of carbonyl (C=O) groups is 2.